The molecule has 0 spiro atoms. The molecule has 0 bridgehead atoms. The van der Waals surface area contributed by atoms with Crippen LogP contribution in [-0.2, 0) is 0 Å². The first-order valence-electron chi connectivity index (χ1n) is 3.14. The van der Waals surface area contributed by atoms with Crippen LogP contribution in [0.5, 0.6) is 0 Å². The van der Waals surface area contributed by atoms with Crippen LogP contribution in [0, 0.1) is 0 Å². The molecule has 0 unspecified atom stereocenters. The molecule has 0 atom stereocenters. The minimum atomic E-state index is -2.07. The lowest BCUT2D eigenvalue weighted by Crippen LogP contribution is -1.97. The molecular weight excluding hydrogens is 198 g/mol. The van der Waals surface area contributed by atoms with Crippen LogP contribution in [-0.4, -0.2) is 0 Å². The van der Waals surface area contributed by atoms with Gasteiger partial charge in [-0.2, -0.15) is 0 Å². The van der Waals surface area contributed by atoms with Gasteiger partial charge in [0.2, 0.25) is 0 Å². The van der Waals surface area contributed by atoms with Crippen molar-refractivity contribution in [2.75, 3.05) is 0 Å². The number of benzene rings is 1. The summed E-state index contributed by atoms with van der Waals surface area (Å²) in [4.78, 5) is 0. The molecule has 58 valence electrons. The minimum absolute atomic E-state index is 0.957. The van der Waals surface area contributed by atoms with Crippen molar-refractivity contribution >= 4 is 33.8 Å². The highest BCUT2D eigenvalue weighted by Gasteiger charge is 2.33. The maximum Gasteiger partial charge on any atom is 0.267 e. The first kappa shape index (κ1) is 9.06. The fourth-order valence-electron chi connectivity index (χ4n) is 0.732. The summed E-state index contributed by atoms with van der Waals surface area (Å²) in [6, 6.07) is 9.59. The zero-order valence-electron chi connectivity index (χ0n) is 5.87. The molecule has 0 saturated heterocycles. The normalized spacial score (nSPS) is 11.1. The minimum Gasteiger partial charge on any atom is -0.0620 e. The molecule has 1 aromatic carbocycles. The lowest BCUT2D eigenvalue weighted by atomic mass is 10.4. The summed E-state index contributed by atoms with van der Waals surface area (Å²) in [6.07, 6.45) is 0. The highest BCUT2D eigenvalue weighted by Crippen LogP contribution is 2.68. The maximum atomic E-state index is 6.00. The van der Waals surface area contributed by atoms with Gasteiger partial charge in [0.1, 0.15) is 27.8 Å². The van der Waals surface area contributed by atoms with Gasteiger partial charge in [0.05, 0.1) is 5.82 Å². The quantitative estimate of drug-likeness (QED) is 0.646. The predicted molar refractivity (Wildman–Crippen MR) is 54.9 cm³/mol. The summed E-state index contributed by atoms with van der Waals surface area (Å²) >= 11 is 12.0. The smallest absolute Gasteiger partial charge is 0.0620 e. The lowest BCUT2D eigenvalue weighted by molar-refractivity contribution is 1.78. The fraction of sp³-hybridized carbons (Fsp3) is 0. The van der Waals surface area contributed by atoms with E-state index in [0.29, 0.717) is 0 Å². The molecular formula is C8H8Cl2P+. The molecule has 0 radical (unpaired) electrons. The van der Waals surface area contributed by atoms with Crippen molar-refractivity contribution in [2.24, 2.45) is 0 Å². The third-order valence-corrected chi connectivity index (χ3v) is 4.77. The lowest BCUT2D eigenvalue weighted by Gasteiger charge is -2.01. The average molecular weight is 206 g/mol. The first-order chi connectivity index (χ1) is 5.17. The Bertz CT molecular complexity index is 244. The second kappa shape index (κ2) is 3.58. The number of hydrogen-bond donors (Lipinski definition) is 0. The Morgan fingerprint density at radius 3 is 2.18 bits per heavy atom. The summed E-state index contributed by atoms with van der Waals surface area (Å²) in [5.74, 6) is -0.451. The monoisotopic (exact) mass is 205 g/mol. The summed E-state index contributed by atoms with van der Waals surface area (Å²) in [7, 11) is 0. The predicted octanol–water partition coefficient (Wildman–Crippen LogP) is 3.78. The van der Waals surface area contributed by atoms with Gasteiger partial charge in [0.25, 0.3) is 5.97 Å². The summed E-state index contributed by atoms with van der Waals surface area (Å²) in [5, 5.41) is 0.957. The van der Waals surface area contributed by atoms with Crippen LogP contribution >= 0.6 is 28.4 Å². The van der Waals surface area contributed by atoms with Crippen molar-refractivity contribution in [2.45, 2.75) is 0 Å². The number of halogens is 2. The number of hydrogen-bond acceptors (Lipinski definition) is 0. The van der Waals surface area contributed by atoms with Crippen molar-refractivity contribution in [1.29, 1.82) is 0 Å². The molecule has 0 aliphatic heterocycles. The fourth-order valence-corrected chi connectivity index (χ4v) is 2.19. The Morgan fingerprint density at radius 1 is 1.18 bits per heavy atom. The van der Waals surface area contributed by atoms with Crippen molar-refractivity contribution in [3.8, 4) is 0 Å². The highest BCUT2D eigenvalue weighted by atomic mass is 35.9. The molecule has 3 heteroatoms. The molecule has 0 aromatic heterocycles. The van der Waals surface area contributed by atoms with E-state index in [1.54, 1.807) is 5.82 Å². The van der Waals surface area contributed by atoms with Crippen molar-refractivity contribution in [3.63, 3.8) is 0 Å². The van der Waals surface area contributed by atoms with Crippen LogP contribution in [0.15, 0.2) is 42.7 Å². The van der Waals surface area contributed by atoms with Crippen LogP contribution in [0.2, 0.25) is 0 Å². The van der Waals surface area contributed by atoms with E-state index in [2.05, 4.69) is 6.58 Å². The third-order valence-electron chi connectivity index (χ3n) is 1.33. The standard InChI is InChI=1S/C8H8Cl2P/c1-2-11(9,10)8-6-4-3-5-7-8/h2-7H,1H2/q+1. The van der Waals surface area contributed by atoms with E-state index >= 15 is 0 Å². The molecule has 0 fully saturated rings. The SMILES string of the molecule is C=C[P+](Cl)(Cl)c1ccccc1. The molecule has 1 aromatic rings. The Balaban J connectivity index is 3.02. The van der Waals surface area contributed by atoms with Gasteiger partial charge < -0.3 is 0 Å². The van der Waals surface area contributed by atoms with Crippen LogP contribution in [0.1, 0.15) is 0 Å². The van der Waals surface area contributed by atoms with E-state index < -0.39 is 5.97 Å². The molecule has 1 rings (SSSR count). The van der Waals surface area contributed by atoms with Crippen molar-refractivity contribution in [1.82, 2.24) is 0 Å². The largest absolute Gasteiger partial charge is 0.267 e. The molecule has 0 nitrogen and oxygen atoms in total. The Hall–Kier alpha value is -0.0300. The van der Waals surface area contributed by atoms with Gasteiger partial charge in [-0.3, -0.25) is 0 Å². The zero-order chi connectivity index (χ0) is 8.32. The topological polar surface area (TPSA) is 0 Å². The van der Waals surface area contributed by atoms with Crippen LogP contribution < -0.4 is 5.30 Å². The van der Waals surface area contributed by atoms with Gasteiger partial charge in [-0.25, -0.2) is 0 Å². The van der Waals surface area contributed by atoms with E-state index in [4.69, 9.17) is 22.5 Å². The van der Waals surface area contributed by atoms with Crippen LogP contribution in [0.3, 0.4) is 0 Å². The van der Waals surface area contributed by atoms with Gasteiger partial charge >= 0.3 is 0 Å². The second-order valence-corrected chi connectivity index (χ2v) is 7.79. The van der Waals surface area contributed by atoms with Gasteiger partial charge in [-0.05, 0) is 12.1 Å². The van der Waals surface area contributed by atoms with Crippen molar-refractivity contribution in [3.05, 3.63) is 42.7 Å². The summed E-state index contributed by atoms with van der Waals surface area (Å²) < 4.78 is 0. The molecule has 0 aliphatic carbocycles. The first-order valence-corrected chi connectivity index (χ1v) is 6.81. The van der Waals surface area contributed by atoms with Crippen LogP contribution in [0.25, 0.3) is 0 Å². The molecule has 0 heterocycles. The molecule has 0 N–H and O–H groups in total. The third kappa shape index (κ3) is 2.20. The average Bonchev–Trinajstić information content (AvgIpc) is 2.06. The highest BCUT2D eigenvalue weighted by molar-refractivity contribution is 8.23. The molecule has 0 saturated carbocycles. The van der Waals surface area contributed by atoms with Crippen LogP contribution in [0.4, 0.5) is 0 Å². The van der Waals surface area contributed by atoms with Gasteiger partial charge in [0.15, 0.2) is 0 Å². The van der Waals surface area contributed by atoms with Gasteiger partial charge in [-0.15, -0.1) is 0 Å². The molecule has 0 amide bonds. The summed E-state index contributed by atoms with van der Waals surface area (Å²) in [6.45, 7) is 3.59. The Morgan fingerprint density at radius 2 is 1.73 bits per heavy atom. The summed E-state index contributed by atoms with van der Waals surface area (Å²) in [5.41, 5.74) is 0. The van der Waals surface area contributed by atoms with E-state index in [1.165, 1.54) is 0 Å². The van der Waals surface area contributed by atoms with Gasteiger partial charge in [0, 0.05) is 0 Å². The van der Waals surface area contributed by atoms with E-state index in [-0.39, 0.29) is 0 Å². The Kier molecular flexibility index (Phi) is 2.95. The zero-order valence-corrected chi connectivity index (χ0v) is 8.28. The van der Waals surface area contributed by atoms with E-state index in [0.717, 1.165) is 5.30 Å². The van der Waals surface area contributed by atoms with E-state index in [1.807, 2.05) is 30.3 Å². The molecule has 0 aliphatic rings. The van der Waals surface area contributed by atoms with E-state index in [9.17, 15) is 0 Å². The van der Waals surface area contributed by atoms with Crippen molar-refractivity contribution < 1.29 is 0 Å². The number of rotatable bonds is 2. The maximum absolute atomic E-state index is 6.00. The Labute approximate surface area is 76.7 Å². The molecule has 11 heavy (non-hydrogen) atoms. The van der Waals surface area contributed by atoms with Gasteiger partial charge in [-0.1, -0.05) is 24.8 Å². The second-order valence-electron chi connectivity index (χ2n) is 2.08.